The molecule has 15 heavy (non-hydrogen) atoms. The van der Waals surface area contributed by atoms with Gasteiger partial charge in [0.15, 0.2) is 0 Å². The molecule has 1 aromatic rings. The first kappa shape index (κ1) is 10.5. The average molecular weight is 209 g/mol. The van der Waals surface area contributed by atoms with E-state index in [0.29, 0.717) is 6.10 Å². The third-order valence-electron chi connectivity index (χ3n) is 2.84. The lowest BCUT2D eigenvalue weighted by atomic mass is 10.2. The van der Waals surface area contributed by atoms with Crippen molar-refractivity contribution in [2.24, 2.45) is 0 Å². The molecule has 0 amide bonds. The van der Waals surface area contributed by atoms with Gasteiger partial charge in [-0.3, -0.25) is 0 Å². The van der Waals surface area contributed by atoms with Gasteiger partial charge in [0.05, 0.1) is 11.8 Å². The van der Waals surface area contributed by atoms with Crippen LogP contribution in [0.4, 0.5) is 5.95 Å². The molecule has 2 rings (SSSR count). The molecule has 4 nitrogen and oxygen atoms in total. The SMILES string of the molecule is CNc1nc(C)cn1CCC1CCCO1. The first-order valence-corrected chi connectivity index (χ1v) is 5.62. The van der Waals surface area contributed by atoms with Crippen molar-refractivity contribution in [3.05, 3.63) is 11.9 Å². The van der Waals surface area contributed by atoms with Crippen molar-refractivity contribution in [2.75, 3.05) is 19.0 Å². The quantitative estimate of drug-likeness (QED) is 0.822. The fourth-order valence-corrected chi connectivity index (χ4v) is 2.07. The molecule has 0 radical (unpaired) electrons. The lowest BCUT2D eigenvalue weighted by Crippen LogP contribution is -2.11. The van der Waals surface area contributed by atoms with Gasteiger partial charge in [-0.25, -0.2) is 4.98 Å². The van der Waals surface area contributed by atoms with E-state index in [1.54, 1.807) is 0 Å². The standard InChI is InChI=1S/C11H19N3O/c1-9-8-14(11(12-2)13-9)6-5-10-4-3-7-15-10/h8,10H,3-7H2,1-2H3,(H,12,13). The Morgan fingerprint density at radius 3 is 3.20 bits per heavy atom. The molecule has 1 aliphatic heterocycles. The summed E-state index contributed by atoms with van der Waals surface area (Å²) in [6, 6.07) is 0. The van der Waals surface area contributed by atoms with Crippen LogP contribution in [-0.4, -0.2) is 29.3 Å². The van der Waals surface area contributed by atoms with Crippen molar-refractivity contribution < 1.29 is 4.74 Å². The van der Waals surface area contributed by atoms with Crippen molar-refractivity contribution in [3.8, 4) is 0 Å². The summed E-state index contributed by atoms with van der Waals surface area (Å²) in [6.45, 7) is 3.94. The van der Waals surface area contributed by atoms with Crippen LogP contribution < -0.4 is 5.32 Å². The minimum atomic E-state index is 0.456. The molecule has 0 aliphatic carbocycles. The first-order valence-electron chi connectivity index (χ1n) is 5.62. The van der Waals surface area contributed by atoms with Gasteiger partial charge in [0.2, 0.25) is 5.95 Å². The van der Waals surface area contributed by atoms with E-state index in [0.717, 1.165) is 31.2 Å². The Bertz CT molecular complexity index is 316. The molecular weight excluding hydrogens is 190 g/mol. The highest BCUT2D eigenvalue weighted by Gasteiger charge is 2.15. The van der Waals surface area contributed by atoms with Crippen LogP contribution in [-0.2, 0) is 11.3 Å². The molecule has 84 valence electrons. The second-order valence-corrected chi connectivity index (χ2v) is 4.07. The second-order valence-electron chi connectivity index (χ2n) is 4.07. The van der Waals surface area contributed by atoms with Gasteiger partial charge in [0, 0.05) is 26.4 Å². The molecule has 1 atom stereocenters. The van der Waals surface area contributed by atoms with Gasteiger partial charge in [0.25, 0.3) is 0 Å². The fraction of sp³-hybridized carbons (Fsp3) is 0.727. The van der Waals surface area contributed by atoms with E-state index < -0.39 is 0 Å². The van der Waals surface area contributed by atoms with E-state index in [-0.39, 0.29) is 0 Å². The van der Waals surface area contributed by atoms with Gasteiger partial charge in [-0.05, 0) is 26.2 Å². The Morgan fingerprint density at radius 2 is 2.53 bits per heavy atom. The summed E-state index contributed by atoms with van der Waals surface area (Å²) in [7, 11) is 1.91. The van der Waals surface area contributed by atoms with E-state index in [4.69, 9.17) is 4.74 Å². The molecule has 0 bridgehead atoms. The largest absolute Gasteiger partial charge is 0.378 e. The maximum atomic E-state index is 5.60. The van der Waals surface area contributed by atoms with E-state index >= 15 is 0 Å². The average Bonchev–Trinajstić information content (AvgIpc) is 2.83. The number of imidazole rings is 1. The lowest BCUT2D eigenvalue weighted by molar-refractivity contribution is 0.100. The van der Waals surface area contributed by atoms with Gasteiger partial charge < -0.3 is 14.6 Å². The third-order valence-corrected chi connectivity index (χ3v) is 2.84. The van der Waals surface area contributed by atoms with Gasteiger partial charge in [-0.1, -0.05) is 0 Å². The van der Waals surface area contributed by atoms with Crippen LogP contribution in [0.1, 0.15) is 25.0 Å². The number of nitrogens with zero attached hydrogens (tertiary/aromatic N) is 2. The summed E-state index contributed by atoms with van der Waals surface area (Å²) in [4.78, 5) is 4.39. The molecule has 1 aromatic heterocycles. The zero-order valence-electron chi connectivity index (χ0n) is 9.49. The lowest BCUT2D eigenvalue weighted by Gasteiger charge is -2.11. The molecule has 1 aliphatic rings. The summed E-state index contributed by atoms with van der Waals surface area (Å²) in [5.74, 6) is 0.950. The topological polar surface area (TPSA) is 39.1 Å². The highest BCUT2D eigenvalue weighted by Crippen LogP contribution is 2.17. The van der Waals surface area contributed by atoms with Crippen LogP contribution in [0, 0.1) is 6.92 Å². The number of nitrogens with one attached hydrogen (secondary N) is 1. The molecule has 1 fully saturated rings. The molecule has 0 spiro atoms. The monoisotopic (exact) mass is 209 g/mol. The van der Waals surface area contributed by atoms with E-state index in [9.17, 15) is 0 Å². The van der Waals surface area contributed by atoms with Gasteiger partial charge in [-0.15, -0.1) is 0 Å². The highest BCUT2D eigenvalue weighted by atomic mass is 16.5. The molecule has 1 N–H and O–H groups in total. The predicted molar refractivity (Wildman–Crippen MR) is 60.1 cm³/mol. The van der Waals surface area contributed by atoms with Crippen molar-refractivity contribution in [2.45, 2.75) is 38.8 Å². The molecule has 0 aromatic carbocycles. The summed E-state index contributed by atoms with van der Waals surface area (Å²) in [5, 5.41) is 3.10. The zero-order valence-corrected chi connectivity index (χ0v) is 9.49. The van der Waals surface area contributed by atoms with Crippen LogP contribution in [0.5, 0.6) is 0 Å². The van der Waals surface area contributed by atoms with Crippen molar-refractivity contribution >= 4 is 5.95 Å². The number of aromatic nitrogens is 2. The number of anilines is 1. The van der Waals surface area contributed by atoms with E-state index in [1.165, 1.54) is 12.8 Å². The summed E-state index contributed by atoms with van der Waals surface area (Å²) < 4.78 is 7.76. The fourth-order valence-electron chi connectivity index (χ4n) is 2.07. The van der Waals surface area contributed by atoms with Crippen LogP contribution in [0.3, 0.4) is 0 Å². The minimum Gasteiger partial charge on any atom is -0.378 e. The number of rotatable bonds is 4. The second kappa shape index (κ2) is 4.66. The number of hydrogen-bond donors (Lipinski definition) is 1. The summed E-state index contributed by atoms with van der Waals surface area (Å²) in [5.41, 5.74) is 1.06. The predicted octanol–water partition coefficient (Wildman–Crippen LogP) is 1.80. The van der Waals surface area contributed by atoms with Crippen molar-refractivity contribution in [1.82, 2.24) is 9.55 Å². The maximum absolute atomic E-state index is 5.60. The van der Waals surface area contributed by atoms with Crippen LogP contribution in [0.2, 0.25) is 0 Å². The molecule has 1 unspecified atom stereocenters. The van der Waals surface area contributed by atoms with Gasteiger partial charge >= 0.3 is 0 Å². The van der Waals surface area contributed by atoms with Crippen LogP contribution >= 0.6 is 0 Å². The third kappa shape index (κ3) is 2.50. The number of ether oxygens (including phenoxy) is 1. The van der Waals surface area contributed by atoms with E-state index in [2.05, 4.69) is 21.1 Å². The van der Waals surface area contributed by atoms with Gasteiger partial charge in [0.1, 0.15) is 0 Å². The summed E-state index contributed by atoms with van der Waals surface area (Å²) in [6.07, 6.45) is 6.05. The van der Waals surface area contributed by atoms with Crippen molar-refractivity contribution in [3.63, 3.8) is 0 Å². The minimum absolute atomic E-state index is 0.456. The molecule has 2 heterocycles. The molecule has 0 saturated carbocycles. The van der Waals surface area contributed by atoms with Crippen LogP contribution in [0.15, 0.2) is 6.20 Å². The van der Waals surface area contributed by atoms with Crippen molar-refractivity contribution in [1.29, 1.82) is 0 Å². The Hall–Kier alpha value is -1.03. The van der Waals surface area contributed by atoms with E-state index in [1.807, 2.05) is 14.0 Å². The summed E-state index contributed by atoms with van der Waals surface area (Å²) >= 11 is 0. The highest BCUT2D eigenvalue weighted by molar-refractivity contribution is 5.27. The molecular formula is C11H19N3O. The van der Waals surface area contributed by atoms with Gasteiger partial charge in [-0.2, -0.15) is 0 Å². The Labute approximate surface area is 90.6 Å². The maximum Gasteiger partial charge on any atom is 0.202 e. The molecule has 4 heteroatoms. The smallest absolute Gasteiger partial charge is 0.202 e. The number of aryl methyl sites for hydroxylation is 2. The Morgan fingerprint density at radius 1 is 1.67 bits per heavy atom. The zero-order chi connectivity index (χ0) is 10.7. The Kier molecular flexibility index (Phi) is 3.26. The Balaban J connectivity index is 1.91. The van der Waals surface area contributed by atoms with Crippen LogP contribution in [0.25, 0.3) is 0 Å². The normalized spacial score (nSPS) is 20.8. The molecule has 1 saturated heterocycles. The first-order chi connectivity index (χ1) is 7.29. The number of hydrogen-bond acceptors (Lipinski definition) is 3.